The van der Waals surface area contributed by atoms with E-state index < -0.39 is 0 Å². The Kier molecular flexibility index (Phi) is 2.28. The third-order valence-corrected chi connectivity index (χ3v) is 2.03. The highest BCUT2D eigenvalue weighted by Crippen LogP contribution is 2.21. The van der Waals surface area contributed by atoms with E-state index in [4.69, 9.17) is 17.3 Å². The third-order valence-electron chi connectivity index (χ3n) is 1.73. The van der Waals surface area contributed by atoms with Gasteiger partial charge in [-0.25, -0.2) is 0 Å². The van der Waals surface area contributed by atoms with E-state index in [0.717, 1.165) is 5.56 Å². The van der Waals surface area contributed by atoms with Crippen molar-refractivity contribution in [2.24, 2.45) is 0 Å². The molecule has 2 aromatic heterocycles. The smallest absolute Gasteiger partial charge is 0.164 e. The van der Waals surface area contributed by atoms with E-state index in [1.54, 1.807) is 18.5 Å². The van der Waals surface area contributed by atoms with Crippen molar-refractivity contribution in [1.82, 2.24) is 15.2 Å². The minimum atomic E-state index is 0.235. The number of anilines is 1. The molecule has 0 spiro atoms. The molecule has 0 amide bonds. The fourth-order valence-electron chi connectivity index (χ4n) is 1.03. The topological polar surface area (TPSA) is 64.7 Å². The van der Waals surface area contributed by atoms with Gasteiger partial charge in [-0.05, 0) is 18.2 Å². The zero-order valence-electron chi connectivity index (χ0n) is 7.18. The van der Waals surface area contributed by atoms with Crippen molar-refractivity contribution in [1.29, 1.82) is 0 Å². The normalized spacial score (nSPS) is 10.1. The number of aromatic nitrogens is 3. The molecular formula is C9H7ClN4. The Morgan fingerprint density at radius 1 is 1.29 bits per heavy atom. The van der Waals surface area contributed by atoms with E-state index in [0.29, 0.717) is 10.7 Å². The second-order valence-corrected chi connectivity index (χ2v) is 3.11. The highest BCUT2D eigenvalue weighted by atomic mass is 35.5. The summed E-state index contributed by atoms with van der Waals surface area (Å²) < 4.78 is 0. The summed E-state index contributed by atoms with van der Waals surface area (Å²) in [6, 6.07) is 5.37. The lowest BCUT2D eigenvalue weighted by atomic mass is 10.2. The molecular weight excluding hydrogens is 200 g/mol. The van der Waals surface area contributed by atoms with Crippen LogP contribution >= 0.6 is 11.6 Å². The molecule has 5 heteroatoms. The van der Waals surface area contributed by atoms with Crippen LogP contribution in [0.1, 0.15) is 0 Å². The van der Waals surface area contributed by atoms with Gasteiger partial charge in [0, 0.05) is 18.0 Å². The van der Waals surface area contributed by atoms with Crippen molar-refractivity contribution < 1.29 is 0 Å². The Hall–Kier alpha value is -1.68. The van der Waals surface area contributed by atoms with Crippen molar-refractivity contribution in [3.63, 3.8) is 0 Å². The van der Waals surface area contributed by atoms with Crippen LogP contribution in [0.4, 0.5) is 5.82 Å². The Bertz CT molecular complexity index is 444. The van der Waals surface area contributed by atoms with Crippen molar-refractivity contribution in [2.45, 2.75) is 0 Å². The van der Waals surface area contributed by atoms with Gasteiger partial charge in [0.25, 0.3) is 0 Å². The van der Waals surface area contributed by atoms with Gasteiger partial charge in [0.1, 0.15) is 0 Å². The predicted octanol–water partition coefficient (Wildman–Crippen LogP) is 1.77. The highest BCUT2D eigenvalue weighted by Gasteiger charge is 2.03. The Labute approximate surface area is 85.8 Å². The van der Waals surface area contributed by atoms with E-state index in [1.807, 2.05) is 12.1 Å². The van der Waals surface area contributed by atoms with Gasteiger partial charge in [-0.1, -0.05) is 11.6 Å². The number of nitrogen functional groups attached to an aromatic ring is 1. The van der Waals surface area contributed by atoms with E-state index in [2.05, 4.69) is 15.2 Å². The van der Waals surface area contributed by atoms with Gasteiger partial charge >= 0.3 is 0 Å². The first-order chi connectivity index (χ1) is 6.77. The summed E-state index contributed by atoms with van der Waals surface area (Å²) >= 11 is 5.82. The number of halogens is 1. The molecule has 70 valence electrons. The maximum atomic E-state index is 5.82. The Morgan fingerprint density at radius 2 is 2.14 bits per heavy atom. The maximum absolute atomic E-state index is 5.82. The summed E-state index contributed by atoms with van der Waals surface area (Å²) in [5, 5.41) is 8.03. The first-order valence-corrected chi connectivity index (χ1v) is 4.34. The zero-order chi connectivity index (χ0) is 9.97. The molecule has 0 bridgehead atoms. The van der Waals surface area contributed by atoms with Gasteiger partial charge in [0.15, 0.2) is 5.82 Å². The van der Waals surface area contributed by atoms with Gasteiger partial charge in [0.05, 0.1) is 10.7 Å². The monoisotopic (exact) mass is 206 g/mol. The molecule has 4 nitrogen and oxygen atoms in total. The maximum Gasteiger partial charge on any atom is 0.164 e. The van der Waals surface area contributed by atoms with E-state index >= 15 is 0 Å². The molecule has 0 unspecified atom stereocenters. The molecule has 0 saturated carbocycles. The van der Waals surface area contributed by atoms with E-state index in [-0.39, 0.29) is 5.82 Å². The van der Waals surface area contributed by atoms with Crippen molar-refractivity contribution in [2.75, 3.05) is 5.73 Å². The quantitative estimate of drug-likeness (QED) is 0.773. The van der Waals surface area contributed by atoms with Gasteiger partial charge in [-0.3, -0.25) is 4.98 Å². The lowest BCUT2D eigenvalue weighted by molar-refractivity contribution is 1.05. The summed E-state index contributed by atoms with van der Waals surface area (Å²) in [5.74, 6) is 0.235. The van der Waals surface area contributed by atoms with Crippen LogP contribution in [0, 0.1) is 0 Å². The molecule has 14 heavy (non-hydrogen) atoms. The van der Waals surface area contributed by atoms with Crippen LogP contribution in [0.3, 0.4) is 0 Å². The number of hydrogen-bond donors (Lipinski definition) is 1. The third kappa shape index (κ3) is 1.65. The van der Waals surface area contributed by atoms with Crippen molar-refractivity contribution in [3.8, 4) is 11.3 Å². The SMILES string of the molecule is Nc1nnc(-c2cccnc2)cc1Cl. The summed E-state index contributed by atoms with van der Waals surface area (Å²) in [6.07, 6.45) is 3.38. The fraction of sp³-hybridized carbons (Fsp3) is 0. The summed E-state index contributed by atoms with van der Waals surface area (Å²) in [4.78, 5) is 3.97. The molecule has 2 rings (SSSR count). The summed E-state index contributed by atoms with van der Waals surface area (Å²) in [6.45, 7) is 0. The molecule has 2 aromatic rings. The van der Waals surface area contributed by atoms with Crippen LogP contribution in [0.2, 0.25) is 5.02 Å². The average molecular weight is 207 g/mol. The number of pyridine rings is 1. The minimum Gasteiger partial charge on any atom is -0.381 e. The molecule has 2 heterocycles. The van der Waals surface area contributed by atoms with Crippen LogP contribution in [0.5, 0.6) is 0 Å². The second kappa shape index (κ2) is 3.59. The van der Waals surface area contributed by atoms with Crippen molar-refractivity contribution >= 4 is 17.4 Å². The number of hydrogen-bond acceptors (Lipinski definition) is 4. The summed E-state index contributed by atoms with van der Waals surface area (Å²) in [5.41, 5.74) is 6.97. The molecule has 0 aliphatic carbocycles. The first kappa shape index (κ1) is 8.90. The summed E-state index contributed by atoms with van der Waals surface area (Å²) in [7, 11) is 0. The minimum absolute atomic E-state index is 0.235. The first-order valence-electron chi connectivity index (χ1n) is 3.96. The largest absolute Gasteiger partial charge is 0.381 e. The van der Waals surface area contributed by atoms with E-state index in [9.17, 15) is 0 Å². The Balaban J connectivity index is 2.48. The molecule has 0 aliphatic rings. The fourth-order valence-corrected chi connectivity index (χ4v) is 1.17. The molecule has 0 atom stereocenters. The van der Waals surface area contributed by atoms with Gasteiger partial charge in [-0.15, -0.1) is 10.2 Å². The predicted molar refractivity (Wildman–Crippen MR) is 54.7 cm³/mol. The molecule has 2 N–H and O–H groups in total. The van der Waals surface area contributed by atoms with Crippen LogP contribution in [0.15, 0.2) is 30.6 Å². The van der Waals surface area contributed by atoms with Crippen LogP contribution < -0.4 is 5.73 Å². The number of nitrogens with zero attached hydrogens (tertiary/aromatic N) is 3. The molecule has 0 aliphatic heterocycles. The lowest BCUT2D eigenvalue weighted by Gasteiger charge is -2.00. The highest BCUT2D eigenvalue weighted by molar-refractivity contribution is 6.32. The van der Waals surface area contributed by atoms with E-state index in [1.165, 1.54) is 0 Å². The van der Waals surface area contributed by atoms with Gasteiger partial charge in [-0.2, -0.15) is 0 Å². The van der Waals surface area contributed by atoms with Crippen LogP contribution in [-0.4, -0.2) is 15.2 Å². The number of rotatable bonds is 1. The lowest BCUT2D eigenvalue weighted by Crippen LogP contribution is -1.95. The van der Waals surface area contributed by atoms with Gasteiger partial charge < -0.3 is 5.73 Å². The molecule has 0 aromatic carbocycles. The van der Waals surface area contributed by atoms with Crippen LogP contribution in [0.25, 0.3) is 11.3 Å². The molecule has 0 saturated heterocycles. The zero-order valence-corrected chi connectivity index (χ0v) is 7.94. The van der Waals surface area contributed by atoms with Gasteiger partial charge in [0.2, 0.25) is 0 Å². The van der Waals surface area contributed by atoms with Crippen LogP contribution in [-0.2, 0) is 0 Å². The van der Waals surface area contributed by atoms with Crippen molar-refractivity contribution in [3.05, 3.63) is 35.6 Å². The number of nitrogens with two attached hydrogens (primary N) is 1. The standard InChI is InChI=1S/C9H7ClN4/c10-7-4-8(13-14-9(7)11)6-2-1-3-12-5-6/h1-5H,(H2,11,14). The Morgan fingerprint density at radius 3 is 2.79 bits per heavy atom. The second-order valence-electron chi connectivity index (χ2n) is 2.70. The average Bonchev–Trinajstić information content (AvgIpc) is 2.23. The molecule has 0 fully saturated rings. The molecule has 0 radical (unpaired) electrons.